The minimum Gasteiger partial charge on any atom is -0.492 e. The van der Waals surface area contributed by atoms with E-state index < -0.39 is 21.3 Å². The molecule has 1 aliphatic heterocycles. The Morgan fingerprint density at radius 2 is 1.58 bits per heavy atom. The maximum absolute atomic E-state index is 13.1. The van der Waals surface area contributed by atoms with E-state index in [1.165, 1.54) is 36.4 Å². The van der Waals surface area contributed by atoms with Gasteiger partial charge in [0.15, 0.2) is 5.75 Å². The molecule has 5 rings (SSSR count). The van der Waals surface area contributed by atoms with Crippen molar-refractivity contribution in [3.05, 3.63) is 106 Å². The Morgan fingerprint density at radius 1 is 0.868 bits per heavy atom. The van der Waals surface area contributed by atoms with Crippen molar-refractivity contribution >= 4 is 61.5 Å². The quantitative estimate of drug-likeness (QED) is 0.181. The number of ether oxygens (including phenoxy) is 1. The summed E-state index contributed by atoms with van der Waals surface area (Å²) in [4.78, 5) is 27.0. The number of halogens is 1. The lowest BCUT2D eigenvalue weighted by molar-refractivity contribution is -0.123. The molecular weight excluding hydrogens is 546 g/mol. The number of rotatable bonds is 8. The lowest BCUT2D eigenvalue weighted by Gasteiger charge is -2.14. The van der Waals surface area contributed by atoms with Crippen molar-refractivity contribution in [1.82, 2.24) is 4.90 Å². The fourth-order valence-electron chi connectivity index (χ4n) is 3.86. The first-order chi connectivity index (χ1) is 18.3. The molecule has 0 aromatic heterocycles. The Labute approximate surface area is 228 Å². The lowest BCUT2D eigenvalue weighted by atomic mass is 10.0. The Morgan fingerprint density at radius 3 is 2.34 bits per heavy atom. The minimum absolute atomic E-state index is 0.0258. The van der Waals surface area contributed by atoms with Crippen LogP contribution in [0.3, 0.4) is 0 Å². The molecule has 0 aliphatic carbocycles. The first-order valence-electron chi connectivity index (χ1n) is 11.5. The van der Waals surface area contributed by atoms with Gasteiger partial charge in [-0.05, 0) is 71.1 Å². The van der Waals surface area contributed by atoms with Crippen LogP contribution in [0.15, 0.2) is 101 Å². The molecule has 1 fully saturated rings. The fourth-order valence-corrected chi connectivity index (χ4v) is 5.78. The number of thioether (sulfide) groups is 1. The molecule has 192 valence electrons. The summed E-state index contributed by atoms with van der Waals surface area (Å²) >= 11 is 6.67. The van der Waals surface area contributed by atoms with E-state index in [9.17, 15) is 18.0 Å². The number of fused-ring (bicyclic) bond motifs is 1. The van der Waals surface area contributed by atoms with Gasteiger partial charge in [-0.15, -0.1) is 0 Å². The summed E-state index contributed by atoms with van der Waals surface area (Å²) < 4.78 is 37.2. The zero-order valence-electron chi connectivity index (χ0n) is 19.7. The molecule has 4 aromatic rings. The second kappa shape index (κ2) is 10.9. The first kappa shape index (κ1) is 25.8. The minimum atomic E-state index is -4.20. The maximum Gasteiger partial charge on any atom is 0.339 e. The van der Waals surface area contributed by atoms with Crippen LogP contribution in [0.5, 0.6) is 11.5 Å². The van der Waals surface area contributed by atoms with Gasteiger partial charge in [0.2, 0.25) is 0 Å². The SMILES string of the molecule is O=C1S/C(=C\c2c(OS(=O)(=O)c3ccc(Cl)cc3)ccc3ccccc23)C(=O)N1CCOc1ccccc1. The monoisotopic (exact) mass is 565 g/mol. The van der Waals surface area contributed by atoms with Crippen LogP contribution in [0.2, 0.25) is 5.02 Å². The van der Waals surface area contributed by atoms with E-state index in [1.807, 2.05) is 30.3 Å². The van der Waals surface area contributed by atoms with Gasteiger partial charge in [-0.25, -0.2) is 0 Å². The Balaban J connectivity index is 1.45. The third-order valence-corrected chi connectivity index (χ3v) is 8.12. The molecule has 7 nitrogen and oxygen atoms in total. The van der Waals surface area contributed by atoms with Gasteiger partial charge >= 0.3 is 10.1 Å². The molecule has 0 spiro atoms. The highest BCUT2D eigenvalue weighted by atomic mass is 35.5. The van der Waals surface area contributed by atoms with Gasteiger partial charge in [0, 0.05) is 10.6 Å². The number of para-hydroxylation sites is 1. The van der Waals surface area contributed by atoms with Crippen LogP contribution in [0.1, 0.15) is 5.56 Å². The Hall–Kier alpha value is -3.79. The number of hydrogen-bond donors (Lipinski definition) is 0. The normalized spacial score (nSPS) is 14.9. The van der Waals surface area contributed by atoms with E-state index in [1.54, 1.807) is 30.3 Å². The van der Waals surface area contributed by atoms with Crippen molar-refractivity contribution in [2.45, 2.75) is 4.90 Å². The number of carbonyl (C=O) groups is 2. The summed E-state index contributed by atoms with van der Waals surface area (Å²) in [5.41, 5.74) is 0.367. The molecule has 10 heteroatoms. The van der Waals surface area contributed by atoms with E-state index in [0.717, 1.165) is 22.0 Å². The van der Waals surface area contributed by atoms with E-state index in [2.05, 4.69) is 0 Å². The zero-order chi connectivity index (χ0) is 26.7. The molecule has 1 heterocycles. The number of benzene rings is 4. The molecule has 0 unspecified atom stereocenters. The molecule has 4 aromatic carbocycles. The van der Waals surface area contributed by atoms with E-state index >= 15 is 0 Å². The second-order valence-electron chi connectivity index (χ2n) is 8.18. The number of amides is 2. The van der Waals surface area contributed by atoms with Gasteiger partial charge < -0.3 is 8.92 Å². The highest BCUT2D eigenvalue weighted by molar-refractivity contribution is 8.18. The maximum atomic E-state index is 13.1. The number of imide groups is 1. The Bertz CT molecular complexity index is 1650. The smallest absolute Gasteiger partial charge is 0.339 e. The summed E-state index contributed by atoms with van der Waals surface area (Å²) in [7, 11) is -4.20. The van der Waals surface area contributed by atoms with E-state index in [-0.39, 0.29) is 28.7 Å². The van der Waals surface area contributed by atoms with Crippen LogP contribution in [0.4, 0.5) is 4.79 Å². The van der Waals surface area contributed by atoms with Gasteiger partial charge in [-0.3, -0.25) is 14.5 Å². The van der Waals surface area contributed by atoms with Gasteiger partial charge in [-0.2, -0.15) is 8.42 Å². The lowest BCUT2D eigenvalue weighted by Crippen LogP contribution is -2.32. The first-order valence-corrected chi connectivity index (χ1v) is 14.1. The molecule has 0 bridgehead atoms. The van der Waals surface area contributed by atoms with Crippen LogP contribution in [0.25, 0.3) is 16.8 Å². The number of nitrogens with zero attached hydrogens (tertiary/aromatic N) is 1. The zero-order valence-corrected chi connectivity index (χ0v) is 22.1. The second-order valence-corrected chi connectivity index (χ2v) is 11.2. The van der Waals surface area contributed by atoms with Crippen molar-refractivity contribution in [3.8, 4) is 11.5 Å². The molecule has 1 aliphatic rings. The van der Waals surface area contributed by atoms with Crippen molar-refractivity contribution < 1.29 is 26.9 Å². The predicted molar refractivity (Wildman–Crippen MR) is 148 cm³/mol. The van der Waals surface area contributed by atoms with Crippen LogP contribution in [0, 0.1) is 0 Å². The molecule has 0 atom stereocenters. The van der Waals surface area contributed by atoms with E-state index in [4.69, 9.17) is 20.5 Å². The largest absolute Gasteiger partial charge is 0.492 e. The van der Waals surface area contributed by atoms with Crippen LogP contribution < -0.4 is 8.92 Å². The van der Waals surface area contributed by atoms with Gasteiger partial charge in [0.05, 0.1) is 11.4 Å². The molecule has 0 N–H and O–H groups in total. The predicted octanol–water partition coefficient (Wildman–Crippen LogP) is 6.38. The Kier molecular flexibility index (Phi) is 7.42. The number of carbonyl (C=O) groups excluding carboxylic acids is 2. The highest BCUT2D eigenvalue weighted by Gasteiger charge is 2.35. The highest BCUT2D eigenvalue weighted by Crippen LogP contribution is 2.37. The summed E-state index contributed by atoms with van der Waals surface area (Å²) in [6.07, 6.45) is 1.50. The molecule has 2 amide bonds. The van der Waals surface area contributed by atoms with Crippen molar-refractivity contribution in [3.63, 3.8) is 0 Å². The fraction of sp³-hybridized carbons (Fsp3) is 0.0714. The van der Waals surface area contributed by atoms with Crippen molar-refractivity contribution in [2.24, 2.45) is 0 Å². The third kappa shape index (κ3) is 5.55. The average molecular weight is 566 g/mol. The number of hydrogen-bond acceptors (Lipinski definition) is 7. The summed E-state index contributed by atoms with van der Waals surface area (Å²) in [6, 6.07) is 25.2. The van der Waals surface area contributed by atoms with Crippen molar-refractivity contribution in [1.29, 1.82) is 0 Å². The topological polar surface area (TPSA) is 90.0 Å². The van der Waals surface area contributed by atoms with Crippen LogP contribution >= 0.6 is 23.4 Å². The van der Waals surface area contributed by atoms with Crippen molar-refractivity contribution in [2.75, 3.05) is 13.2 Å². The van der Waals surface area contributed by atoms with E-state index in [0.29, 0.717) is 21.7 Å². The molecule has 0 saturated carbocycles. The van der Waals surface area contributed by atoms with Crippen LogP contribution in [-0.4, -0.2) is 37.6 Å². The van der Waals surface area contributed by atoms with Gasteiger partial charge in [0.1, 0.15) is 17.3 Å². The molecule has 1 saturated heterocycles. The van der Waals surface area contributed by atoms with Crippen LogP contribution in [-0.2, 0) is 14.9 Å². The summed E-state index contributed by atoms with van der Waals surface area (Å²) in [6.45, 7) is 0.206. The molecular formula is C28H20ClNO6S2. The standard InChI is InChI=1S/C28H20ClNO6S2/c29-20-11-13-22(14-12-20)38(33,34)36-25-15-10-19-6-4-5-9-23(19)24(25)18-26-27(31)30(28(32)37-26)16-17-35-21-7-2-1-3-8-21/h1-15,18H,16-17H2/b26-18-. The van der Waals surface area contributed by atoms with Gasteiger partial charge in [-0.1, -0.05) is 60.1 Å². The third-order valence-electron chi connectivity index (χ3n) is 5.71. The van der Waals surface area contributed by atoms with Gasteiger partial charge in [0.25, 0.3) is 11.1 Å². The summed E-state index contributed by atoms with van der Waals surface area (Å²) in [5.74, 6) is 0.170. The molecule has 38 heavy (non-hydrogen) atoms. The summed E-state index contributed by atoms with van der Waals surface area (Å²) in [5, 5.41) is 1.43. The molecule has 0 radical (unpaired) electrons. The average Bonchev–Trinajstić information content (AvgIpc) is 3.18.